The number of halogens is 2. The van der Waals surface area contributed by atoms with Crippen molar-refractivity contribution in [1.82, 2.24) is 4.90 Å². The number of hydrogen-bond donors (Lipinski definition) is 2. The predicted molar refractivity (Wildman–Crippen MR) is 130 cm³/mol. The Bertz CT molecular complexity index is 1050. The Kier molecular flexibility index (Phi) is 8.54. The number of hydrogen-bond acceptors (Lipinski definition) is 3. The molecule has 32 heavy (non-hydrogen) atoms. The maximum Gasteiger partial charge on any atom is 0.227 e. The molecule has 0 heterocycles. The summed E-state index contributed by atoms with van der Waals surface area (Å²) in [6, 6.07) is 22.7. The largest absolute Gasteiger partial charge is 0.370 e. The van der Waals surface area contributed by atoms with Crippen molar-refractivity contribution in [3.63, 3.8) is 0 Å². The maximum absolute atomic E-state index is 13.2. The Labute approximate surface area is 198 Å². The number of carbonyl (C=O) groups is 2. The molecule has 3 rings (SSSR count). The second-order valence-electron chi connectivity index (χ2n) is 7.39. The van der Waals surface area contributed by atoms with Crippen LogP contribution in [0.2, 0.25) is 10.0 Å². The summed E-state index contributed by atoms with van der Waals surface area (Å²) in [7, 11) is 0. The second kappa shape index (κ2) is 11.6. The normalized spacial score (nSPS) is 10.6. The van der Waals surface area contributed by atoms with E-state index >= 15 is 0 Å². The molecule has 0 bridgehead atoms. The summed E-state index contributed by atoms with van der Waals surface area (Å²) in [4.78, 5) is 26.2. The van der Waals surface area contributed by atoms with Crippen molar-refractivity contribution in [2.45, 2.75) is 19.3 Å². The number of carbonyl (C=O) groups excluding carboxylic acids is 2. The summed E-state index contributed by atoms with van der Waals surface area (Å²) in [5, 5.41) is 4.23. The third-order valence-corrected chi connectivity index (χ3v) is 5.71. The SMILES string of the molecule is NC(=O)CCN(CCc1ccccc1)C(=O)Cc1ccccc1Nc1c(Cl)cccc1Cl. The number of para-hydroxylation sites is 2. The third-order valence-electron chi connectivity index (χ3n) is 5.08. The van der Waals surface area contributed by atoms with E-state index in [1.807, 2.05) is 54.6 Å². The van der Waals surface area contributed by atoms with Crippen LogP contribution >= 0.6 is 23.2 Å². The molecule has 0 aromatic heterocycles. The van der Waals surface area contributed by atoms with Crippen LogP contribution in [0.5, 0.6) is 0 Å². The molecule has 0 unspecified atom stereocenters. The molecule has 0 aliphatic rings. The van der Waals surface area contributed by atoms with Gasteiger partial charge in [0.15, 0.2) is 0 Å². The molecule has 0 saturated heterocycles. The van der Waals surface area contributed by atoms with E-state index in [4.69, 9.17) is 28.9 Å². The Morgan fingerprint density at radius 3 is 2.19 bits per heavy atom. The summed E-state index contributed by atoms with van der Waals surface area (Å²) in [6.07, 6.45) is 0.981. The van der Waals surface area contributed by atoms with Crippen molar-refractivity contribution >= 4 is 46.4 Å². The first-order valence-electron chi connectivity index (χ1n) is 10.3. The van der Waals surface area contributed by atoms with Gasteiger partial charge in [0.25, 0.3) is 0 Å². The van der Waals surface area contributed by atoms with Crippen LogP contribution in [0.15, 0.2) is 72.8 Å². The summed E-state index contributed by atoms with van der Waals surface area (Å²) >= 11 is 12.6. The maximum atomic E-state index is 13.2. The number of nitrogens with two attached hydrogens (primary N) is 1. The van der Waals surface area contributed by atoms with Gasteiger partial charge in [-0.15, -0.1) is 0 Å². The third kappa shape index (κ3) is 6.74. The monoisotopic (exact) mass is 469 g/mol. The van der Waals surface area contributed by atoms with Gasteiger partial charge in [-0.25, -0.2) is 0 Å². The molecule has 0 aliphatic heterocycles. The fourth-order valence-electron chi connectivity index (χ4n) is 3.34. The highest BCUT2D eigenvalue weighted by molar-refractivity contribution is 6.39. The molecular weight excluding hydrogens is 445 g/mol. The van der Waals surface area contributed by atoms with Gasteiger partial charge in [0.1, 0.15) is 0 Å². The van der Waals surface area contributed by atoms with E-state index in [1.165, 1.54) is 0 Å². The number of nitrogens with zero attached hydrogens (tertiary/aromatic N) is 1. The van der Waals surface area contributed by atoms with Gasteiger partial charge in [0, 0.05) is 25.2 Å². The first kappa shape index (κ1) is 23.6. The molecule has 0 atom stereocenters. The van der Waals surface area contributed by atoms with Gasteiger partial charge in [-0.1, -0.05) is 77.8 Å². The number of anilines is 2. The number of amides is 2. The van der Waals surface area contributed by atoms with Crippen molar-refractivity contribution in [3.05, 3.63) is 94.0 Å². The van der Waals surface area contributed by atoms with Crippen molar-refractivity contribution < 1.29 is 9.59 Å². The Morgan fingerprint density at radius 2 is 1.50 bits per heavy atom. The average molecular weight is 470 g/mol. The van der Waals surface area contributed by atoms with Crippen LogP contribution in [0.3, 0.4) is 0 Å². The van der Waals surface area contributed by atoms with Gasteiger partial charge in [-0.2, -0.15) is 0 Å². The smallest absolute Gasteiger partial charge is 0.227 e. The zero-order chi connectivity index (χ0) is 22.9. The van der Waals surface area contributed by atoms with Crippen LogP contribution in [-0.2, 0) is 22.4 Å². The van der Waals surface area contributed by atoms with E-state index in [1.54, 1.807) is 23.1 Å². The molecule has 0 radical (unpaired) electrons. The van der Waals surface area contributed by atoms with Gasteiger partial charge in [0.05, 0.1) is 22.2 Å². The second-order valence-corrected chi connectivity index (χ2v) is 8.20. The lowest BCUT2D eigenvalue weighted by Crippen LogP contribution is -2.36. The van der Waals surface area contributed by atoms with Gasteiger partial charge >= 0.3 is 0 Å². The molecule has 0 spiro atoms. The number of nitrogens with one attached hydrogen (secondary N) is 1. The highest BCUT2D eigenvalue weighted by atomic mass is 35.5. The topological polar surface area (TPSA) is 75.4 Å². The minimum absolute atomic E-state index is 0.0818. The summed E-state index contributed by atoms with van der Waals surface area (Å²) < 4.78 is 0. The van der Waals surface area contributed by atoms with E-state index in [9.17, 15) is 9.59 Å². The number of benzene rings is 3. The van der Waals surface area contributed by atoms with Gasteiger partial charge < -0.3 is 16.0 Å². The molecule has 2 amide bonds. The van der Waals surface area contributed by atoms with Gasteiger partial charge in [0.2, 0.25) is 11.8 Å². The van der Waals surface area contributed by atoms with E-state index in [-0.39, 0.29) is 25.3 Å². The summed E-state index contributed by atoms with van der Waals surface area (Å²) in [5.74, 6) is -0.514. The first-order valence-corrected chi connectivity index (χ1v) is 11.1. The molecule has 5 nitrogen and oxygen atoms in total. The highest BCUT2D eigenvalue weighted by Gasteiger charge is 2.17. The fraction of sp³-hybridized carbons (Fsp3) is 0.200. The molecule has 7 heteroatoms. The lowest BCUT2D eigenvalue weighted by atomic mass is 10.1. The van der Waals surface area contributed by atoms with Gasteiger partial charge in [-0.3, -0.25) is 9.59 Å². The van der Waals surface area contributed by atoms with Crippen LogP contribution in [-0.4, -0.2) is 29.8 Å². The lowest BCUT2D eigenvalue weighted by Gasteiger charge is -2.23. The highest BCUT2D eigenvalue weighted by Crippen LogP contribution is 2.33. The van der Waals surface area contributed by atoms with Crippen LogP contribution in [0.25, 0.3) is 0 Å². The lowest BCUT2D eigenvalue weighted by molar-refractivity contribution is -0.131. The van der Waals surface area contributed by atoms with Crippen molar-refractivity contribution in [2.75, 3.05) is 18.4 Å². The summed E-state index contributed by atoms with van der Waals surface area (Å²) in [5.41, 5.74) is 8.59. The molecular formula is C25H25Cl2N3O2. The van der Waals surface area contributed by atoms with Crippen molar-refractivity contribution in [2.24, 2.45) is 5.73 Å². The van der Waals surface area contributed by atoms with E-state index in [2.05, 4.69) is 5.32 Å². The Morgan fingerprint density at radius 1 is 0.844 bits per heavy atom. The zero-order valence-electron chi connectivity index (χ0n) is 17.6. The van der Waals surface area contributed by atoms with Crippen LogP contribution in [0, 0.1) is 0 Å². The fourth-order valence-corrected chi connectivity index (χ4v) is 3.83. The van der Waals surface area contributed by atoms with Crippen LogP contribution in [0.4, 0.5) is 11.4 Å². The quantitative estimate of drug-likeness (QED) is 0.426. The zero-order valence-corrected chi connectivity index (χ0v) is 19.1. The molecule has 3 aromatic rings. The molecule has 0 fully saturated rings. The van der Waals surface area contributed by atoms with E-state index < -0.39 is 5.91 Å². The molecule has 0 saturated carbocycles. The molecule has 0 aliphatic carbocycles. The molecule has 3 aromatic carbocycles. The average Bonchev–Trinajstić information content (AvgIpc) is 2.78. The van der Waals surface area contributed by atoms with Crippen molar-refractivity contribution in [1.29, 1.82) is 0 Å². The molecule has 3 N–H and O–H groups in total. The van der Waals surface area contributed by atoms with Crippen LogP contribution in [0.1, 0.15) is 17.5 Å². The Balaban J connectivity index is 1.75. The minimum Gasteiger partial charge on any atom is -0.370 e. The van der Waals surface area contributed by atoms with E-state index in [0.29, 0.717) is 28.7 Å². The number of primary amides is 1. The van der Waals surface area contributed by atoms with Crippen molar-refractivity contribution in [3.8, 4) is 0 Å². The standard InChI is InChI=1S/C25H25Cl2N3O2/c26-20-10-6-11-21(27)25(20)29-22-12-5-4-9-19(22)17-24(32)30(16-14-23(28)31)15-13-18-7-2-1-3-8-18/h1-12,29H,13-17H2,(H2,28,31). The summed E-state index contributed by atoms with van der Waals surface area (Å²) in [6.45, 7) is 0.787. The first-order chi connectivity index (χ1) is 15.4. The van der Waals surface area contributed by atoms with Crippen LogP contribution < -0.4 is 11.1 Å². The minimum atomic E-state index is -0.432. The molecule has 166 valence electrons. The van der Waals surface area contributed by atoms with Gasteiger partial charge in [-0.05, 0) is 35.7 Å². The Hall–Kier alpha value is -3.02. The predicted octanol–water partition coefficient (Wildman–Crippen LogP) is 5.23. The van der Waals surface area contributed by atoms with E-state index in [0.717, 1.165) is 16.8 Å². The number of rotatable bonds is 10.